The second-order valence-corrected chi connectivity index (χ2v) is 7.97. The van der Waals surface area contributed by atoms with Crippen LogP contribution in [0.15, 0.2) is 30.3 Å². The molecule has 5 nitrogen and oxygen atoms in total. The third kappa shape index (κ3) is 3.54. The second-order valence-electron chi connectivity index (χ2n) is 6.89. The summed E-state index contributed by atoms with van der Waals surface area (Å²) in [6, 6.07) is 10.6. The molecule has 26 heavy (non-hydrogen) atoms. The molecule has 4 rings (SSSR count). The van der Waals surface area contributed by atoms with Crippen molar-refractivity contribution in [2.75, 3.05) is 25.1 Å². The number of ether oxygens (including phenoxy) is 1. The third-order valence-electron chi connectivity index (χ3n) is 5.32. The number of hydrogen-bond acceptors (Lipinski definition) is 5. The highest BCUT2D eigenvalue weighted by Crippen LogP contribution is 2.33. The maximum absolute atomic E-state index is 12.8. The number of nitrogens with one attached hydrogen (secondary N) is 1. The Kier molecular flexibility index (Phi) is 5.33. The minimum absolute atomic E-state index is 0.0211. The molecule has 2 saturated heterocycles. The van der Waals surface area contributed by atoms with E-state index in [0.29, 0.717) is 11.2 Å². The molecule has 1 unspecified atom stereocenters. The zero-order valence-corrected chi connectivity index (χ0v) is 15.9. The van der Waals surface area contributed by atoms with Gasteiger partial charge in [0.1, 0.15) is 0 Å². The fourth-order valence-corrected chi connectivity index (χ4v) is 4.72. The smallest absolute Gasteiger partial charge is 0.243 e. The molecule has 2 fully saturated rings. The average molecular weight is 372 g/mol. The summed E-state index contributed by atoms with van der Waals surface area (Å²) in [5.41, 5.74) is 2.09. The molecule has 1 aromatic heterocycles. The number of aryl methyl sites for hydroxylation is 1. The van der Waals surface area contributed by atoms with Crippen molar-refractivity contribution in [2.45, 2.75) is 44.7 Å². The fraction of sp³-hybridized carbons (Fsp3) is 0.500. The number of amides is 1. The molecule has 2 aliphatic heterocycles. The predicted molar refractivity (Wildman–Crippen MR) is 105 cm³/mol. The standard InChI is InChI=1S/C20H25N3O2S/c1-2-17-18(14-6-4-3-5-7-14)21-20(26-17)22-19(24)16-8-11-23(16)15-9-12-25-13-10-15/h3-7,15-16H,2,8-13H2,1H3,(H,21,22,24). The number of carbonyl (C=O) groups excluding carboxylic acids is 1. The lowest BCUT2D eigenvalue weighted by atomic mass is 9.95. The van der Waals surface area contributed by atoms with E-state index in [-0.39, 0.29) is 11.9 Å². The number of thiazole rings is 1. The van der Waals surface area contributed by atoms with Crippen molar-refractivity contribution in [3.05, 3.63) is 35.2 Å². The zero-order chi connectivity index (χ0) is 17.9. The van der Waals surface area contributed by atoms with Gasteiger partial charge in [-0.3, -0.25) is 9.69 Å². The summed E-state index contributed by atoms with van der Waals surface area (Å²) in [6.45, 7) is 4.75. The highest BCUT2D eigenvalue weighted by Gasteiger charge is 2.39. The summed E-state index contributed by atoms with van der Waals surface area (Å²) in [5.74, 6) is 0.0822. The minimum Gasteiger partial charge on any atom is -0.381 e. The van der Waals surface area contributed by atoms with Crippen LogP contribution in [0, 0.1) is 0 Å². The molecule has 1 amide bonds. The molecule has 2 aliphatic rings. The summed E-state index contributed by atoms with van der Waals surface area (Å²) >= 11 is 1.59. The van der Waals surface area contributed by atoms with Gasteiger partial charge in [-0.05, 0) is 25.7 Å². The predicted octanol–water partition coefficient (Wildman–Crippen LogP) is 3.56. The van der Waals surface area contributed by atoms with Gasteiger partial charge in [0.25, 0.3) is 0 Å². The molecule has 2 aromatic rings. The fourth-order valence-electron chi connectivity index (χ4n) is 3.80. The van der Waals surface area contributed by atoms with E-state index in [0.717, 1.165) is 56.7 Å². The van der Waals surface area contributed by atoms with Gasteiger partial charge in [0.2, 0.25) is 5.91 Å². The van der Waals surface area contributed by atoms with Crippen LogP contribution in [0.1, 0.15) is 31.1 Å². The van der Waals surface area contributed by atoms with E-state index in [4.69, 9.17) is 9.72 Å². The van der Waals surface area contributed by atoms with Crippen molar-refractivity contribution in [2.24, 2.45) is 0 Å². The number of anilines is 1. The van der Waals surface area contributed by atoms with Gasteiger partial charge < -0.3 is 10.1 Å². The second kappa shape index (κ2) is 7.86. The van der Waals surface area contributed by atoms with Gasteiger partial charge >= 0.3 is 0 Å². The van der Waals surface area contributed by atoms with Crippen LogP contribution in [0.3, 0.4) is 0 Å². The van der Waals surface area contributed by atoms with Crippen molar-refractivity contribution >= 4 is 22.4 Å². The molecule has 1 N–H and O–H groups in total. The Balaban J connectivity index is 1.45. The molecule has 0 aliphatic carbocycles. The Hall–Kier alpha value is -1.76. The van der Waals surface area contributed by atoms with Crippen LogP contribution in [0.4, 0.5) is 5.13 Å². The highest BCUT2D eigenvalue weighted by atomic mass is 32.1. The molecular weight excluding hydrogens is 346 g/mol. The first kappa shape index (κ1) is 17.6. The lowest BCUT2D eigenvalue weighted by molar-refractivity contribution is -0.129. The molecule has 0 saturated carbocycles. The Morgan fingerprint density at radius 3 is 2.69 bits per heavy atom. The normalized spacial score (nSPS) is 21.3. The lowest BCUT2D eigenvalue weighted by Gasteiger charge is -2.46. The first-order valence-electron chi connectivity index (χ1n) is 9.45. The Morgan fingerprint density at radius 2 is 2.04 bits per heavy atom. The monoisotopic (exact) mass is 371 g/mol. The van der Waals surface area contributed by atoms with Gasteiger partial charge in [0.05, 0.1) is 11.7 Å². The zero-order valence-electron chi connectivity index (χ0n) is 15.1. The maximum Gasteiger partial charge on any atom is 0.243 e. The number of carbonyl (C=O) groups is 1. The first-order chi connectivity index (χ1) is 12.8. The summed E-state index contributed by atoms with van der Waals surface area (Å²) < 4.78 is 5.44. The van der Waals surface area contributed by atoms with Crippen molar-refractivity contribution in [3.63, 3.8) is 0 Å². The molecule has 138 valence electrons. The molecule has 3 heterocycles. The molecule has 0 radical (unpaired) electrons. The van der Waals surface area contributed by atoms with Crippen LogP contribution in [-0.2, 0) is 16.0 Å². The van der Waals surface area contributed by atoms with Crippen LogP contribution < -0.4 is 5.32 Å². The van der Waals surface area contributed by atoms with Crippen LogP contribution in [0.5, 0.6) is 0 Å². The SMILES string of the molecule is CCc1sc(NC(=O)C2CCN2C2CCOCC2)nc1-c1ccccc1. The largest absolute Gasteiger partial charge is 0.381 e. The number of rotatable bonds is 5. The molecule has 0 spiro atoms. The van der Waals surface area contributed by atoms with E-state index < -0.39 is 0 Å². The number of benzene rings is 1. The van der Waals surface area contributed by atoms with Crippen LogP contribution in [0.25, 0.3) is 11.3 Å². The van der Waals surface area contributed by atoms with E-state index in [2.05, 4.69) is 29.3 Å². The summed E-state index contributed by atoms with van der Waals surface area (Å²) in [4.78, 5) is 21.0. The van der Waals surface area contributed by atoms with Crippen molar-refractivity contribution in [1.82, 2.24) is 9.88 Å². The topological polar surface area (TPSA) is 54.5 Å². The average Bonchev–Trinajstić information content (AvgIpc) is 3.05. The Bertz CT molecular complexity index is 756. The van der Waals surface area contributed by atoms with Gasteiger partial charge in [-0.2, -0.15) is 0 Å². The highest BCUT2D eigenvalue weighted by molar-refractivity contribution is 7.16. The summed E-state index contributed by atoms with van der Waals surface area (Å²) in [5, 5.41) is 3.79. The van der Waals surface area contributed by atoms with Gasteiger partial charge in [0, 0.05) is 36.2 Å². The van der Waals surface area contributed by atoms with Crippen LogP contribution >= 0.6 is 11.3 Å². The van der Waals surface area contributed by atoms with Gasteiger partial charge in [-0.15, -0.1) is 11.3 Å². The quantitative estimate of drug-likeness (QED) is 0.873. The van der Waals surface area contributed by atoms with Gasteiger partial charge in [-0.1, -0.05) is 37.3 Å². The Morgan fingerprint density at radius 1 is 1.27 bits per heavy atom. The van der Waals surface area contributed by atoms with Gasteiger partial charge in [-0.25, -0.2) is 4.98 Å². The first-order valence-corrected chi connectivity index (χ1v) is 10.3. The van der Waals surface area contributed by atoms with Crippen molar-refractivity contribution in [1.29, 1.82) is 0 Å². The number of aromatic nitrogens is 1. The number of likely N-dealkylation sites (tertiary alicyclic amines) is 1. The summed E-state index contributed by atoms with van der Waals surface area (Å²) in [7, 11) is 0. The third-order valence-corrected chi connectivity index (χ3v) is 6.43. The number of nitrogens with zero attached hydrogens (tertiary/aromatic N) is 2. The molecule has 1 aromatic carbocycles. The van der Waals surface area contributed by atoms with E-state index in [1.165, 1.54) is 4.88 Å². The Labute approximate surface area is 158 Å². The van der Waals surface area contributed by atoms with E-state index in [1.807, 2.05) is 18.2 Å². The van der Waals surface area contributed by atoms with E-state index >= 15 is 0 Å². The lowest BCUT2D eigenvalue weighted by Crippen LogP contribution is -2.59. The molecule has 1 atom stereocenters. The molecule has 0 bridgehead atoms. The van der Waals surface area contributed by atoms with E-state index in [9.17, 15) is 4.79 Å². The van der Waals surface area contributed by atoms with Crippen molar-refractivity contribution < 1.29 is 9.53 Å². The van der Waals surface area contributed by atoms with Gasteiger partial charge in [0.15, 0.2) is 5.13 Å². The molecule has 6 heteroatoms. The van der Waals surface area contributed by atoms with Crippen LogP contribution in [-0.4, -0.2) is 47.6 Å². The minimum atomic E-state index is -0.0211. The summed E-state index contributed by atoms with van der Waals surface area (Å²) in [6.07, 6.45) is 3.90. The number of hydrogen-bond donors (Lipinski definition) is 1. The maximum atomic E-state index is 12.8. The van der Waals surface area contributed by atoms with Crippen molar-refractivity contribution in [3.8, 4) is 11.3 Å². The van der Waals surface area contributed by atoms with E-state index in [1.54, 1.807) is 11.3 Å². The molecular formula is C20H25N3O2S. The van der Waals surface area contributed by atoms with Crippen LogP contribution in [0.2, 0.25) is 0 Å².